The van der Waals surface area contributed by atoms with E-state index in [1.807, 2.05) is 18.3 Å². The van der Waals surface area contributed by atoms with Crippen molar-refractivity contribution in [3.8, 4) is 17.3 Å². The number of H-pyrrole nitrogens is 1. The van der Waals surface area contributed by atoms with Crippen molar-refractivity contribution in [3.05, 3.63) is 41.7 Å². The molecule has 0 atom stereocenters. The van der Waals surface area contributed by atoms with Crippen molar-refractivity contribution in [1.82, 2.24) is 9.97 Å². The van der Waals surface area contributed by atoms with Crippen LogP contribution in [-0.4, -0.2) is 9.97 Å². The van der Waals surface area contributed by atoms with Gasteiger partial charge in [0.15, 0.2) is 0 Å². The number of thiophene rings is 1. The molecule has 3 nitrogen and oxygen atoms in total. The van der Waals surface area contributed by atoms with Crippen LogP contribution in [-0.2, 0) is 6.42 Å². The van der Waals surface area contributed by atoms with Gasteiger partial charge in [-0.25, -0.2) is 4.98 Å². The fourth-order valence-electron chi connectivity index (χ4n) is 1.99. The summed E-state index contributed by atoms with van der Waals surface area (Å²) in [5, 5.41) is 12.0. The Morgan fingerprint density at radius 3 is 3.11 bits per heavy atom. The summed E-state index contributed by atoms with van der Waals surface area (Å²) in [6.07, 6.45) is 3.02. The molecule has 0 aliphatic heterocycles. The zero-order valence-electron chi connectivity index (χ0n) is 9.68. The third-order valence-electron chi connectivity index (χ3n) is 2.87. The first-order chi connectivity index (χ1) is 8.88. The SMILES string of the molecule is N#CCCc1ncc(-c2csc3ccccc23)[nH]1. The summed E-state index contributed by atoms with van der Waals surface area (Å²) in [6.45, 7) is 0. The maximum atomic E-state index is 8.57. The molecule has 0 saturated heterocycles. The number of nitriles is 1. The molecule has 0 aliphatic rings. The van der Waals surface area contributed by atoms with Crippen LogP contribution >= 0.6 is 11.3 Å². The van der Waals surface area contributed by atoms with E-state index in [1.165, 1.54) is 15.6 Å². The van der Waals surface area contributed by atoms with Crippen LogP contribution in [0.5, 0.6) is 0 Å². The fourth-order valence-corrected chi connectivity index (χ4v) is 2.95. The molecule has 0 spiro atoms. The Hall–Kier alpha value is -2.12. The van der Waals surface area contributed by atoms with Gasteiger partial charge < -0.3 is 4.98 Å². The molecular formula is C14H11N3S. The molecule has 2 aromatic heterocycles. The first-order valence-electron chi connectivity index (χ1n) is 5.76. The maximum absolute atomic E-state index is 8.57. The quantitative estimate of drug-likeness (QED) is 0.773. The molecule has 0 fully saturated rings. The number of nitrogens with zero attached hydrogens (tertiary/aromatic N) is 2. The van der Waals surface area contributed by atoms with E-state index in [0.29, 0.717) is 12.8 Å². The van der Waals surface area contributed by atoms with Gasteiger partial charge in [0, 0.05) is 33.9 Å². The highest BCUT2D eigenvalue weighted by Gasteiger charge is 2.08. The standard InChI is InChI=1S/C14H11N3S/c15-7-3-6-14-16-8-12(17-14)11-9-18-13-5-2-1-4-10(11)13/h1-2,4-5,8-9H,3,6H2,(H,16,17). The van der Waals surface area contributed by atoms with Gasteiger partial charge in [-0.1, -0.05) is 18.2 Å². The third-order valence-corrected chi connectivity index (χ3v) is 3.84. The number of hydrogen-bond acceptors (Lipinski definition) is 3. The normalized spacial score (nSPS) is 10.6. The van der Waals surface area contributed by atoms with E-state index in [4.69, 9.17) is 5.26 Å². The van der Waals surface area contributed by atoms with Crippen molar-refractivity contribution in [2.75, 3.05) is 0 Å². The summed E-state index contributed by atoms with van der Waals surface area (Å²) >= 11 is 1.74. The lowest BCUT2D eigenvalue weighted by Crippen LogP contribution is -1.86. The Kier molecular flexibility index (Phi) is 2.83. The van der Waals surface area contributed by atoms with Gasteiger partial charge in [0.1, 0.15) is 5.82 Å². The number of aromatic amines is 1. The summed E-state index contributed by atoms with van der Waals surface area (Å²) in [5.41, 5.74) is 2.21. The topological polar surface area (TPSA) is 52.5 Å². The molecule has 88 valence electrons. The molecule has 0 aliphatic carbocycles. The number of benzene rings is 1. The molecule has 0 amide bonds. The minimum atomic E-state index is 0.497. The van der Waals surface area contributed by atoms with E-state index in [1.54, 1.807) is 11.3 Å². The van der Waals surface area contributed by atoms with Crippen molar-refractivity contribution < 1.29 is 0 Å². The van der Waals surface area contributed by atoms with E-state index in [2.05, 4.69) is 33.5 Å². The molecule has 3 rings (SSSR count). The maximum Gasteiger partial charge on any atom is 0.107 e. The number of aryl methyl sites for hydroxylation is 1. The van der Waals surface area contributed by atoms with Crippen LogP contribution in [0.3, 0.4) is 0 Å². The Balaban J connectivity index is 1.99. The average molecular weight is 253 g/mol. The number of fused-ring (bicyclic) bond motifs is 1. The Labute approximate surface area is 109 Å². The second-order valence-corrected chi connectivity index (χ2v) is 4.96. The minimum Gasteiger partial charge on any atom is -0.342 e. The molecule has 1 N–H and O–H groups in total. The van der Waals surface area contributed by atoms with Gasteiger partial charge in [-0.2, -0.15) is 5.26 Å². The lowest BCUT2D eigenvalue weighted by atomic mass is 10.1. The smallest absolute Gasteiger partial charge is 0.107 e. The summed E-state index contributed by atoms with van der Waals surface area (Å²) < 4.78 is 1.28. The molecule has 3 aromatic rings. The van der Waals surface area contributed by atoms with Crippen LogP contribution < -0.4 is 0 Å². The molecule has 0 saturated carbocycles. The molecule has 18 heavy (non-hydrogen) atoms. The lowest BCUT2D eigenvalue weighted by molar-refractivity contribution is 0.918. The summed E-state index contributed by atoms with van der Waals surface area (Å²) in [6, 6.07) is 10.5. The highest BCUT2D eigenvalue weighted by Crippen LogP contribution is 2.32. The predicted octanol–water partition coefficient (Wildman–Crippen LogP) is 3.75. The first kappa shape index (κ1) is 11.0. The van der Waals surface area contributed by atoms with Crippen LogP contribution in [0.4, 0.5) is 0 Å². The largest absolute Gasteiger partial charge is 0.342 e. The second kappa shape index (κ2) is 4.63. The summed E-state index contributed by atoms with van der Waals surface area (Å²) in [5.74, 6) is 0.877. The van der Waals surface area contributed by atoms with Crippen molar-refractivity contribution >= 4 is 21.4 Å². The predicted molar refractivity (Wildman–Crippen MR) is 73.3 cm³/mol. The fraction of sp³-hybridized carbons (Fsp3) is 0.143. The molecule has 0 radical (unpaired) electrons. The summed E-state index contributed by atoms with van der Waals surface area (Å²) in [7, 11) is 0. The van der Waals surface area contributed by atoms with Crippen LogP contribution in [0, 0.1) is 11.3 Å². The van der Waals surface area contributed by atoms with E-state index < -0.39 is 0 Å². The van der Waals surface area contributed by atoms with Crippen molar-refractivity contribution in [2.45, 2.75) is 12.8 Å². The minimum absolute atomic E-state index is 0.497. The molecule has 0 bridgehead atoms. The van der Waals surface area contributed by atoms with E-state index in [9.17, 15) is 0 Å². The van der Waals surface area contributed by atoms with Crippen molar-refractivity contribution in [1.29, 1.82) is 5.26 Å². The molecular weight excluding hydrogens is 242 g/mol. The van der Waals surface area contributed by atoms with Crippen LogP contribution in [0.2, 0.25) is 0 Å². The molecule has 2 heterocycles. The van der Waals surface area contributed by atoms with E-state index in [0.717, 1.165) is 11.5 Å². The van der Waals surface area contributed by atoms with Crippen molar-refractivity contribution in [2.24, 2.45) is 0 Å². The van der Waals surface area contributed by atoms with Gasteiger partial charge in [0.05, 0.1) is 18.0 Å². The van der Waals surface area contributed by atoms with Crippen LogP contribution in [0.25, 0.3) is 21.3 Å². The number of hydrogen-bond donors (Lipinski definition) is 1. The van der Waals surface area contributed by atoms with Gasteiger partial charge in [-0.05, 0) is 6.07 Å². The lowest BCUT2D eigenvalue weighted by Gasteiger charge is -1.95. The van der Waals surface area contributed by atoms with Gasteiger partial charge in [0.2, 0.25) is 0 Å². The number of nitrogens with one attached hydrogen (secondary N) is 1. The highest BCUT2D eigenvalue weighted by atomic mass is 32.1. The zero-order valence-corrected chi connectivity index (χ0v) is 10.5. The summed E-state index contributed by atoms with van der Waals surface area (Å²) in [4.78, 5) is 7.60. The van der Waals surface area contributed by atoms with E-state index >= 15 is 0 Å². The molecule has 4 heteroatoms. The van der Waals surface area contributed by atoms with Gasteiger partial charge in [-0.15, -0.1) is 11.3 Å². The van der Waals surface area contributed by atoms with Gasteiger partial charge >= 0.3 is 0 Å². The van der Waals surface area contributed by atoms with Gasteiger partial charge in [-0.3, -0.25) is 0 Å². The second-order valence-electron chi connectivity index (χ2n) is 4.05. The van der Waals surface area contributed by atoms with Gasteiger partial charge in [0.25, 0.3) is 0 Å². The zero-order chi connectivity index (χ0) is 12.4. The monoisotopic (exact) mass is 253 g/mol. The Morgan fingerprint density at radius 1 is 1.33 bits per heavy atom. The Bertz CT molecular complexity index is 718. The van der Waals surface area contributed by atoms with Crippen LogP contribution in [0.15, 0.2) is 35.8 Å². The average Bonchev–Trinajstić information content (AvgIpc) is 3.02. The number of aromatic nitrogens is 2. The highest BCUT2D eigenvalue weighted by molar-refractivity contribution is 7.17. The Morgan fingerprint density at radius 2 is 2.22 bits per heavy atom. The molecule has 1 aromatic carbocycles. The molecule has 0 unspecified atom stereocenters. The van der Waals surface area contributed by atoms with Crippen LogP contribution in [0.1, 0.15) is 12.2 Å². The first-order valence-corrected chi connectivity index (χ1v) is 6.64. The third kappa shape index (κ3) is 1.89. The number of imidazole rings is 1. The number of rotatable bonds is 3. The van der Waals surface area contributed by atoms with Crippen molar-refractivity contribution in [3.63, 3.8) is 0 Å². The van der Waals surface area contributed by atoms with E-state index in [-0.39, 0.29) is 0 Å².